The normalized spacial score (nSPS) is 10.2. The first-order valence-corrected chi connectivity index (χ1v) is 3.82. The molecule has 1 aromatic rings. The van der Waals surface area contributed by atoms with Crippen LogP contribution in [0.4, 0.5) is 0 Å². The molecule has 5 nitrogen and oxygen atoms in total. The van der Waals surface area contributed by atoms with E-state index in [1.165, 1.54) is 4.68 Å². The molecule has 1 rings (SSSR count). The Balaban J connectivity index is 2.37. The minimum absolute atomic E-state index is 0.0458. The van der Waals surface area contributed by atoms with Gasteiger partial charge in [-0.3, -0.25) is 4.79 Å². The van der Waals surface area contributed by atoms with E-state index in [1.807, 2.05) is 13.8 Å². The summed E-state index contributed by atoms with van der Waals surface area (Å²) >= 11 is 0. The zero-order chi connectivity index (χ0) is 8.97. The van der Waals surface area contributed by atoms with Crippen LogP contribution >= 0.6 is 0 Å². The molecule has 1 aromatic heterocycles. The van der Waals surface area contributed by atoms with Gasteiger partial charge in [0.1, 0.15) is 6.54 Å². The SMILES string of the molecule is CC(C)NC(=O)Cn1ccnn1. The van der Waals surface area contributed by atoms with Crippen molar-refractivity contribution in [3.05, 3.63) is 12.4 Å². The number of aromatic nitrogens is 3. The summed E-state index contributed by atoms with van der Waals surface area (Å²) in [6, 6.07) is 0.168. The van der Waals surface area contributed by atoms with Gasteiger partial charge in [0.25, 0.3) is 0 Å². The van der Waals surface area contributed by atoms with Gasteiger partial charge in [-0.15, -0.1) is 5.10 Å². The molecular formula is C7H12N4O. The largest absolute Gasteiger partial charge is 0.352 e. The fourth-order valence-corrected chi connectivity index (χ4v) is 0.832. The third-order valence-corrected chi connectivity index (χ3v) is 1.23. The maximum absolute atomic E-state index is 11.1. The number of nitrogens with zero attached hydrogens (tertiary/aromatic N) is 3. The molecule has 0 saturated heterocycles. The summed E-state index contributed by atoms with van der Waals surface area (Å²) in [5, 5.41) is 10.0. The summed E-state index contributed by atoms with van der Waals surface area (Å²) in [5.74, 6) is -0.0458. The maximum atomic E-state index is 11.1. The van der Waals surface area contributed by atoms with Crippen molar-refractivity contribution in [2.75, 3.05) is 0 Å². The van der Waals surface area contributed by atoms with Gasteiger partial charge < -0.3 is 5.32 Å². The highest BCUT2D eigenvalue weighted by Gasteiger charge is 2.03. The van der Waals surface area contributed by atoms with E-state index in [-0.39, 0.29) is 18.5 Å². The summed E-state index contributed by atoms with van der Waals surface area (Å²) in [5.41, 5.74) is 0. The summed E-state index contributed by atoms with van der Waals surface area (Å²) in [6.07, 6.45) is 3.20. The van der Waals surface area contributed by atoms with Crippen LogP contribution in [0, 0.1) is 0 Å². The van der Waals surface area contributed by atoms with Crippen molar-refractivity contribution in [1.82, 2.24) is 20.3 Å². The standard InChI is InChI=1S/C7H12N4O/c1-6(2)9-7(12)5-11-4-3-8-10-11/h3-4,6H,5H2,1-2H3,(H,9,12). The van der Waals surface area contributed by atoms with Crippen LogP contribution in [0.2, 0.25) is 0 Å². The van der Waals surface area contributed by atoms with Gasteiger partial charge in [-0.05, 0) is 13.8 Å². The van der Waals surface area contributed by atoms with Gasteiger partial charge in [0.15, 0.2) is 0 Å². The van der Waals surface area contributed by atoms with Gasteiger partial charge >= 0.3 is 0 Å². The Kier molecular flexibility index (Phi) is 2.79. The van der Waals surface area contributed by atoms with Crippen LogP contribution in [0.25, 0.3) is 0 Å². The number of carbonyl (C=O) groups excluding carboxylic acids is 1. The third-order valence-electron chi connectivity index (χ3n) is 1.23. The van der Waals surface area contributed by atoms with Gasteiger partial charge in [-0.2, -0.15) is 0 Å². The Morgan fingerprint density at radius 3 is 2.92 bits per heavy atom. The van der Waals surface area contributed by atoms with Gasteiger partial charge in [0.05, 0.1) is 6.20 Å². The molecule has 0 spiro atoms. The Morgan fingerprint density at radius 1 is 1.67 bits per heavy atom. The molecule has 0 aromatic carbocycles. The van der Waals surface area contributed by atoms with Crippen LogP contribution in [0.3, 0.4) is 0 Å². The molecule has 0 bridgehead atoms. The van der Waals surface area contributed by atoms with Gasteiger partial charge in [0.2, 0.25) is 5.91 Å². The van der Waals surface area contributed by atoms with Crippen molar-refractivity contribution in [2.45, 2.75) is 26.4 Å². The first-order valence-electron chi connectivity index (χ1n) is 3.82. The van der Waals surface area contributed by atoms with Crippen molar-refractivity contribution < 1.29 is 4.79 Å². The average molecular weight is 168 g/mol. The topological polar surface area (TPSA) is 59.8 Å². The molecule has 12 heavy (non-hydrogen) atoms. The minimum Gasteiger partial charge on any atom is -0.352 e. The second-order valence-electron chi connectivity index (χ2n) is 2.82. The van der Waals surface area contributed by atoms with Crippen LogP contribution in [-0.4, -0.2) is 26.9 Å². The number of hydrogen-bond acceptors (Lipinski definition) is 3. The number of carbonyl (C=O) groups is 1. The predicted molar refractivity (Wildman–Crippen MR) is 43.3 cm³/mol. The Hall–Kier alpha value is -1.39. The Labute approximate surface area is 70.8 Å². The summed E-state index contributed by atoms with van der Waals surface area (Å²) in [7, 11) is 0. The smallest absolute Gasteiger partial charge is 0.241 e. The molecule has 1 heterocycles. The van der Waals surface area contributed by atoms with E-state index in [9.17, 15) is 4.79 Å². The zero-order valence-electron chi connectivity index (χ0n) is 7.19. The van der Waals surface area contributed by atoms with Crippen molar-refractivity contribution in [3.63, 3.8) is 0 Å². The molecule has 1 amide bonds. The first kappa shape index (κ1) is 8.70. The fourth-order valence-electron chi connectivity index (χ4n) is 0.832. The molecular weight excluding hydrogens is 156 g/mol. The third kappa shape index (κ3) is 2.69. The molecule has 0 radical (unpaired) electrons. The average Bonchev–Trinajstić information content (AvgIpc) is 2.37. The lowest BCUT2D eigenvalue weighted by atomic mass is 10.4. The first-order chi connectivity index (χ1) is 5.68. The van der Waals surface area contributed by atoms with Crippen molar-refractivity contribution >= 4 is 5.91 Å². The molecule has 0 aliphatic heterocycles. The van der Waals surface area contributed by atoms with E-state index >= 15 is 0 Å². The number of hydrogen-bond donors (Lipinski definition) is 1. The highest BCUT2D eigenvalue weighted by molar-refractivity contribution is 5.75. The zero-order valence-corrected chi connectivity index (χ0v) is 7.19. The van der Waals surface area contributed by atoms with E-state index in [0.717, 1.165) is 0 Å². The lowest BCUT2D eigenvalue weighted by molar-refractivity contribution is -0.122. The highest BCUT2D eigenvalue weighted by Crippen LogP contribution is 1.83. The quantitative estimate of drug-likeness (QED) is 0.680. The van der Waals surface area contributed by atoms with Crippen LogP contribution in [0.1, 0.15) is 13.8 Å². The van der Waals surface area contributed by atoms with E-state index < -0.39 is 0 Å². The molecule has 0 fully saturated rings. The van der Waals surface area contributed by atoms with Crippen LogP contribution in [0.15, 0.2) is 12.4 Å². The van der Waals surface area contributed by atoms with Gasteiger partial charge in [0, 0.05) is 12.2 Å². The molecule has 66 valence electrons. The van der Waals surface area contributed by atoms with Crippen LogP contribution < -0.4 is 5.32 Å². The Morgan fingerprint density at radius 2 is 2.42 bits per heavy atom. The van der Waals surface area contributed by atoms with E-state index in [4.69, 9.17) is 0 Å². The summed E-state index contributed by atoms with van der Waals surface area (Å²) < 4.78 is 1.48. The Bertz CT molecular complexity index is 242. The molecule has 0 unspecified atom stereocenters. The number of rotatable bonds is 3. The minimum atomic E-state index is -0.0458. The highest BCUT2D eigenvalue weighted by atomic mass is 16.2. The van der Waals surface area contributed by atoms with Gasteiger partial charge in [-0.25, -0.2) is 4.68 Å². The lowest BCUT2D eigenvalue weighted by Gasteiger charge is -2.07. The molecule has 5 heteroatoms. The summed E-state index contributed by atoms with van der Waals surface area (Å²) in [6.45, 7) is 4.07. The maximum Gasteiger partial charge on any atom is 0.241 e. The second kappa shape index (κ2) is 3.85. The molecule has 0 aliphatic rings. The van der Waals surface area contributed by atoms with Gasteiger partial charge in [-0.1, -0.05) is 5.21 Å². The number of amides is 1. The van der Waals surface area contributed by atoms with Crippen molar-refractivity contribution in [1.29, 1.82) is 0 Å². The number of nitrogens with one attached hydrogen (secondary N) is 1. The second-order valence-corrected chi connectivity index (χ2v) is 2.82. The van der Waals surface area contributed by atoms with E-state index in [0.29, 0.717) is 0 Å². The molecule has 0 saturated carbocycles. The van der Waals surface area contributed by atoms with E-state index in [2.05, 4.69) is 15.6 Å². The van der Waals surface area contributed by atoms with Crippen LogP contribution in [0.5, 0.6) is 0 Å². The molecule has 0 aliphatic carbocycles. The molecule has 0 atom stereocenters. The lowest BCUT2D eigenvalue weighted by Crippen LogP contribution is -2.33. The molecule has 1 N–H and O–H groups in total. The van der Waals surface area contributed by atoms with Crippen molar-refractivity contribution in [3.8, 4) is 0 Å². The predicted octanol–water partition coefficient (Wildman–Crippen LogP) is -0.197. The fraction of sp³-hybridized carbons (Fsp3) is 0.571. The monoisotopic (exact) mass is 168 g/mol. The summed E-state index contributed by atoms with van der Waals surface area (Å²) in [4.78, 5) is 11.1. The van der Waals surface area contributed by atoms with Crippen molar-refractivity contribution in [2.24, 2.45) is 0 Å². The van der Waals surface area contributed by atoms with Crippen LogP contribution in [-0.2, 0) is 11.3 Å². The van der Waals surface area contributed by atoms with E-state index in [1.54, 1.807) is 12.4 Å².